The Labute approximate surface area is 188 Å². The molecule has 0 spiro atoms. The van der Waals surface area contributed by atoms with E-state index in [0.29, 0.717) is 0 Å². The molecule has 0 aliphatic heterocycles. The maximum Gasteiger partial charge on any atom is 0.335 e. The number of carbonyl (C=O) groups excluding carboxylic acids is 2. The van der Waals surface area contributed by atoms with Gasteiger partial charge in [0.1, 0.15) is 11.5 Å². The lowest BCUT2D eigenvalue weighted by atomic mass is 10.2. The van der Waals surface area contributed by atoms with Crippen LogP contribution in [0.1, 0.15) is 51.9 Å². The highest BCUT2D eigenvalue weighted by Crippen LogP contribution is 2.23. The molecule has 0 aliphatic rings. The van der Waals surface area contributed by atoms with Gasteiger partial charge in [-0.2, -0.15) is 0 Å². The molecule has 0 bridgehead atoms. The highest BCUT2D eigenvalue weighted by atomic mass is 16.5. The number of rotatable bonds is 3. The van der Waals surface area contributed by atoms with Gasteiger partial charge in [0.25, 0.3) is 23.9 Å². The molecule has 0 amide bonds. The van der Waals surface area contributed by atoms with Crippen LogP contribution in [0.2, 0.25) is 0 Å². The van der Waals surface area contributed by atoms with E-state index in [2.05, 4.69) is 0 Å². The number of benzene rings is 1. The molecule has 0 aliphatic carbocycles. The van der Waals surface area contributed by atoms with Gasteiger partial charge in [-0.15, -0.1) is 0 Å². The van der Waals surface area contributed by atoms with Crippen molar-refractivity contribution in [2.75, 3.05) is 0 Å². The fraction of sp³-hybridized carbons (Fsp3) is 0.316. The molecular weight excluding hydrogens is 452 g/mol. The standard InChI is InChI=1S/C11H10O6.4C2H4O2/c1-6(12)16-9-3-8(11(14)15)4-10(5-9)17-7(2)13;4*1-2(3)4/h3-5H,1-2H3,(H,14,15);4*1H3,(H,3,4). The molecule has 0 saturated heterocycles. The van der Waals surface area contributed by atoms with Crippen LogP contribution in [-0.2, 0) is 28.8 Å². The van der Waals surface area contributed by atoms with Crippen molar-refractivity contribution in [2.24, 2.45) is 0 Å². The van der Waals surface area contributed by atoms with Gasteiger partial charge in [-0.3, -0.25) is 28.8 Å². The second-order valence-electron chi connectivity index (χ2n) is 5.26. The minimum absolute atomic E-state index is 0.00801. The molecule has 0 heterocycles. The molecule has 5 N–H and O–H groups in total. The zero-order valence-electron chi connectivity index (χ0n) is 18.6. The Balaban J connectivity index is -0.000000214. The lowest BCUT2D eigenvalue weighted by molar-refractivity contribution is -0.135. The van der Waals surface area contributed by atoms with E-state index in [1.165, 1.54) is 19.9 Å². The molecule has 14 nitrogen and oxygen atoms in total. The molecule has 0 unspecified atom stereocenters. The van der Waals surface area contributed by atoms with Gasteiger partial charge in [-0.25, -0.2) is 4.79 Å². The summed E-state index contributed by atoms with van der Waals surface area (Å²) in [4.78, 5) is 68.3. The van der Waals surface area contributed by atoms with Crippen LogP contribution in [0.3, 0.4) is 0 Å². The van der Waals surface area contributed by atoms with E-state index in [4.69, 9.17) is 54.2 Å². The Morgan fingerprint density at radius 3 is 0.879 bits per heavy atom. The molecule has 0 saturated carbocycles. The first-order valence-electron chi connectivity index (χ1n) is 8.35. The number of esters is 2. The fourth-order valence-electron chi connectivity index (χ4n) is 1.14. The number of ether oxygens (including phenoxy) is 2. The normalized spacial score (nSPS) is 7.94. The topological polar surface area (TPSA) is 239 Å². The van der Waals surface area contributed by atoms with Gasteiger partial charge < -0.3 is 35.0 Å². The monoisotopic (exact) mass is 478 g/mol. The fourth-order valence-corrected chi connectivity index (χ4v) is 1.14. The third-order valence-electron chi connectivity index (χ3n) is 1.65. The summed E-state index contributed by atoms with van der Waals surface area (Å²) >= 11 is 0. The summed E-state index contributed by atoms with van der Waals surface area (Å²) in [6.45, 7) is 6.69. The Morgan fingerprint density at radius 1 is 0.515 bits per heavy atom. The van der Waals surface area contributed by atoms with Crippen molar-refractivity contribution in [2.45, 2.75) is 41.5 Å². The first-order valence-corrected chi connectivity index (χ1v) is 8.35. The summed E-state index contributed by atoms with van der Waals surface area (Å²) in [5.74, 6) is -5.72. The molecule has 0 fully saturated rings. The van der Waals surface area contributed by atoms with Crippen molar-refractivity contribution >= 4 is 41.8 Å². The summed E-state index contributed by atoms with van der Waals surface area (Å²) in [6.07, 6.45) is 0. The molecule has 14 heteroatoms. The van der Waals surface area contributed by atoms with Crippen molar-refractivity contribution in [3.8, 4) is 11.5 Å². The number of carboxylic acids is 5. The van der Waals surface area contributed by atoms with E-state index in [1.807, 2.05) is 0 Å². The minimum atomic E-state index is -1.22. The number of carboxylic acid groups (broad SMARTS) is 5. The van der Waals surface area contributed by atoms with Crippen LogP contribution >= 0.6 is 0 Å². The minimum Gasteiger partial charge on any atom is -0.481 e. The van der Waals surface area contributed by atoms with E-state index in [0.717, 1.165) is 39.8 Å². The number of aliphatic carboxylic acids is 4. The third kappa shape index (κ3) is 47.0. The van der Waals surface area contributed by atoms with Crippen molar-refractivity contribution in [3.05, 3.63) is 23.8 Å². The second kappa shape index (κ2) is 20.8. The van der Waals surface area contributed by atoms with Gasteiger partial charge in [0.15, 0.2) is 0 Å². The van der Waals surface area contributed by atoms with Crippen LogP contribution in [0, 0.1) is 0 Å². The van der Waals surface area contributed by atoms with Crippen LogP contribution in [0.5, 0.6) is 11.5 Å². The van der Waals surface area contributed by atoms with Gasteiger partial charge in [0.2, 0.25) is 0 Å². The second-order valence-corrected chi connectivity index (χ2v) is 5.26. The lowest BCUT2D eigenvalue weighted by Crippen LogP contribution is -2.06. The molecule has 1 aromatic rings. The van der Waals surface area contributed by atoms with Crippen LogP contribution in [0.15, 0.2) is 18.2 Å². The van der Waals surface area contributed by atoms with E-state index in [1.54, 1.807) is 0 Å². The highest BCUT2D eigenvalue weighted by molar-refractivity contribution is 5.89. The molecule has 0 radical (unpaired) electrons. The largest absolute Gasteiger partial charge is 0.481 e. The van der Waals surface area contributed by atoms with Crippen molar-refractivity contribution < 1.29 is 68.6 Å². The molecular formula is C19H26O14. The highest BCUT2D eigenvalue weighted by Gasteiger charge is 2.11. The molecule has 0 aromatic heterocycles. The number of hydrogen-bond acceptors (Lipinski definition) is 9. The molecule has 0 atom stereocenters. The van der Waals surface area contributed by atoms with Gasteiger partial charge in [-0.05, 0) is 12.1 Å². The average Bonchev–Trinajstić information content (AvgIpc) is 2.50. The smallest absolute Gasteiger partial charge is 0.335 e. The quantitative estimate of drug-likeness (QED) is 0.306. The van der Waals surface area contributed by atoms with Gasteiger partial charge in [-0.1, -0.05) is 0 Å². The Morgan fingerprint density at radius 2 is 0.727 bits per heavy atom. The number of carbonyl (C=O) groups is 7. The van der Waals surface area contributed by atoms with Gasteiger partial charge >= 0.3 is 17.9 Å². The van der Waals surface area contributed by atoms with Gasteiger partial charge in [0.05, 0.1) is 5.56 Å². The first-order chi connectivity index (χ1) is 14.8. The predicted octanol–water partition coefficient (Wildman–Crippen LogP) is 1.60. The SMILES string of the molecule is CC(=O)O.CC(=O)O.CC(=O)O.CC(=O)O.CC(=O)Oc1cc(OC(C)=O)cc(C(=O)O)c1. The Hall–Kier alpha value is -4.49. The maximum absolute atomic E-state index is 10.8. The van der Waals surface area contributed by atoms with Crippen molar-refractivity contribution in [3.63, 3.8) is 0 Å². The van der Waals surface area contributed by atoms with Crippen LogP contribution in [0.25, 0.3) is 0 Å². The zero-order chi connectivity index (χ0) is 27.3. The van der Waals surface area contributed by atoms with Crippen molar-refractivity contribution in [1.82, 2.24) is 0 Å². The third-order valence-corrected chi connectivity index (χ3v) is 1.65. The van der Waals surface area contributed by atoms with Crippen molar-refractivity contribution in [1.29, 1.82) is 0 Å². The zero-order valence-corrected chi connectivity index (χ0v) is 18.6. The van der Waals surface area contributed by atoms with E-state index in [9.17, 15) is 14.4 Å². The number of hydrogen-bond donors (Lipinski definition) is 5. The van der Waals surface area contributed by atoms with E-state index in [-0.39, 0.29) is 17.1 Å². The van der Waals surface area contributed by atoms with Crippen LogP contribution in [0.4, 0.5) is 0 Å². The average molecular weight is 478 g/mol. The first kappa shape index (κ1) is 35.9. The summed E-state index contributed by atoms with van der Waals surface area (Å²) < 4.78 is 9.47. The summed E-state index contributed by atoms with van der Waals surface area (Å²) in [5.41, 5.74) is -0.139. The molecule has 1 aromatic carbocycles. The molecule has 186 valence electrons. The Bertz CT molecular complexity index is 728. The predicted molar refractivity (Wildman–Crippen MR) is 109 cm³/mol. The Kier molecular flexibility index (Phi) is 22.6. The van der Waals surface area contributed by atoms with Crippen LogP contribution in [-0.4, -0.2) is 67.3 Å². The van der Waals surface area contributed by atoms with Crippen LogP contribution < -0.4 is 9.47 Å². The van der Waals surface area contributed by atoms with E-state index < -0.39 is 41.8 Å². The van der Waals surface area contributed by atoms with Gasteiger partial charge in [0, 0.05) is 47.6 Å². The number of aromatic carboxylic acids is 1. The molecule has 33 heavy (non-hydrogen) atoms. The summed E-state index contributed by atoms with van der Waals surface area (Å²) in [6, 6.07) is 3.59. The summed E-state index contributed by atoms with van der Waals surface area (Å²) in [7, 11) is 0. The maximum atomic E-state index is 10.8. The van der Waals surface area contributed by atoms with E-state index >= 15 is 0 Å². The lowest BCUT2D eigenvalue weighted by Gasteiger charge is -2.06. The summed E-state index contributed by atoms with van der Waals surface area (Å²) in [5, 5.41) is 38.5. The molecule has 1 rings (SSSR count).